The molecular formula is C9H9ClN4. The van der Waals surface area contributed by atoms with Gasteiger partial charge in [-0.3, -0.25) is 0 Å². The molecule has 1 aliphatic heterocycles. The molecule has 0 N–H and O–H groups in total. The number of fused-ring (bicyclic) bond motifs is 3. The molecule has 0 atom stereocenters. The summed E-state index contributed by atoms with van der Waals surface area (Å²) in [5.74, 6) is 1.09. The molecule has 0 aromatic carbocycles. The lowest BCUT2D eigenvalue weighted by molar-refractivity contribution is 0.530. The van der Waals surface area contributed by atoms with E-state index in [0.717, 1.165) is 30.0 Å². The third-order valence-corrected chi connectivity index (χ3v) is 2.88. The fourth-order valence-corrected chi connectivity index (χ4v) is 2.10. The number of rotatable bonds is 0. The predicted molar refractivity (Wildman–Crippen MR) is 53.3 cm³/mol. The molecule has 0 bridgehead atoms. The zero-order valence-electron chi connectivity index (χ0n) is 7.57. The van der Waals surface area contributed by atoms with Gasteiger partial charge in [0.15, 0.2) is 10.8 Å². The quantitative estimate of drug-likeness (QED) is 0.621. The molecule has 0 amide bonds. The first kappa shape index (κ1) is 8.17. The summed E-state index contributed by atoms with van der Waals surface area (Å²) in [6.45, 7) is 0.999. The number of aromatic nitrogens is 4. The maximum Gasteiger partial charge on any atom is 0.164 e. The second kappa shape index (κ2) is 2.92. The van der Waals surface area contributed by atoms with Gasteiger partial charge in [0.25, 0.3) is 0 Å². The summed E-state index contributed by atoms with van der Waals surface area (Å²) in [4.78, 5) is 12.6. The second-order valence-electron chi connectivity index (χ2n) is 3.47. The predicted octanol–water partition coefficient (Wildman–Crippen LogP) is 1.82. The Kier molecular flexibility index (Phi) is 1.70. The fourth-order valence-electron chi connectivity index (χ4n) is 1.93. The van der Waals surface area contributed by atoms with Crippen molar-refractivity contribution in [2.75, 3.05) is 0 Å². The Labute approximate surface area is 85.9 Å². The smallest absolute Gasteiger partial charge is 0.164 e. The molecule has 0 fully saturated rings. The maximum absolute atomic E-state index is 5.95. The molecule has 1 aliphatic rings. The first-order valence-electron chi connectivity index (χ1n) is 4.72. The Morgan fingerprint density at radius 3 is 3.14 bits per heavy atom. The lowest BCUT2D eigenvalue weighted by atomic mass is 10.2. The van der Waals surface area contributed by atoms with Crippen LogP contribution in [-0.4, -0.2) is 19.5 Å². The van der Waals surface area contributed by atoms with E-state index in [0.29, 0.717) is 5.15 Å². The van der Waals surface area contributed by atoms with Gasteiger partial charge in [0.1, 0.15) is 17.7 Å². The first-order chi connectivity index (χ1) is 6.86. The standard InChI is InChI=1S/C9H9ClN4/c10-8-7-9(12-5-11-8)14-4-2-1-3-6(14)13-7/h5H,1-4H2. The average Bonchev–Trinajstić information content (AvgIpc) is 2.59. The summed E-state index contributed by atoms with van der Waals surface area (Å²) in [6.07, 6.45) is 4.91. The highest BCUT2D eigenvalue weighted by atomic mass is 35.5. The molecule has 0 aliphatic carbocycles. The van der Waals surface area contributed by atoms with Gasteiger partial charge >= 0.3 is 0 Å². The Balaban J connectivity index is 2.36. The lowest BCUT2D eigenvalue weighted by Gasteiger charge is -2.12. The van der Waals surface area contributed by atoms with Gasteiger partial charge in [-0.1, -0.05) is 11.6 Å². The molecule has 14 heavy (non-hydrogen) atoms. The minimum Gasteiger partial charge on any atom is -0.313 e. The van der Waals surface area contributed by atoms with Crippen molar-refractivity contribution in [1.29, 1.82) is 0 Å². The van der Waals surface area contributed by atoms with Crippen molar-refractivity contribution in [3.05, 3.63) is 17.3 Å². The molecular weight excluding hydrogens is 200 g/mol. The van der Waals surface area contributed by atoms with Crippen molar-refractivity contribution in [2.24, 2.45) is 0 Å². The second-order valence-corrected chi connectivity index (χ2v) is 3.83. The molecule has 2 aromatic heterocycles. The van der Waals surface area contributed by atoms with E-state index in [9.17, 15) is 0 Å². The van der Waals surface area contributed by atoms with E-state index in [2.05, 4.69) is 19.5 Å². The highest BCUT2D eigenvalue weighted by Crippen LogP contribution is 2.23. The Morgan fingerprint density at radius 2 is 2.21 bits per heavy atom. The Hall–Kier alpha value is -1.16. The third kappa shape index (κ3) is 1.04. The van der Waals surface area contributed by atoms with Crippen LogP contribution < -0.4 is 0 Å². The monoisotopic (exact) mass is 208 g/mol. The highest BCUT2D eigenvalue weighted by Gasteiger charge is 2.17. The van der Waals surface area contributed by atoms with E-state index < -0.39 is 0 Å². The van der Waals surface area contributed by atoms with Crippen LogP contribution in [0.3, 0.4) is 0 Å². The zero-order chi connectivity index (χ0) is 9.54. The number of aryl methyl sites for hydroxylation is 2. The molecule has 0 saturated carbocycles. The molecule has 72 valence electrons. The van der Waals surface area contributed by atoms with Crippen LogP contribution in [0.2, 0.25) is 5.15 Å². The van der Waals surface area contributed by atoms with E-state index >= 15 is 0 Å². The summed E-state index contributed by atoms with van der Waals surface area (Å²) in [6, 6.07) is 0. The van der Waals surface area contributed by atoms with Crippen LogP contribution in [0.5, 0.6) is 0 Å². The van der Waals surface area contributed by atoms with Gasteiger partial charge < -0.3 is 4.57 Å². The summed E-state index contributed by atoms with van der Waals surface area (Å²) in [7, 11) is 0. The molecule has 0 unspecified atom stereocenters. The van der Waals surface area contributed by atoms with Crippen molar-refractivity contribution >= 4 is 22.8 Å². The van der Waals surface area contributed by atoms with Gasteiger partial charge in [-0.05, 0) is 12.8 Å². The van der Waals surface area contributed by atoms with E-state index in [1.54, 1.807) is 0 Å². The van der Waals surface area contributed by atoms with E-state index in [1.807, 2.05) is 0 Å². The average molecular weight is 209 g/mol. The van der Waals surface area contributed by atoms with Crippen molar-refractivity contribution in [1.82, 2.24) is 19.5 Å². The van der Waals surface area contributed by atoms with Gasteiger partial charge in [0.2, 0.25) is 0 Å². The topological polar surface area (TPSA) is 43.6 Å². The van der Waals surface area contributed by atoms with E-state index in [1.165, 1.54) is 19.2 Å². The number of nitrogens with zero attached hydrogens (tertiary/aromatic N) is 4. The van der Waals surface area contributed by atoms with Crippen LogP contribution in [0.4, 0.5) is 0 Å². The maximum atomic E-state index is 5.95. The largest absolute Gasteiger partial charge is 0.313 e. The zero-order valence-corrected chi connectivity index (χ0v) is 8.33. The minimum atomic E-state index is 0.455. The van der Waals surface area contributed by atoms with Crippen molar-refractivity contribution in [3.63, 3.8) is 0 Å². The van der Waals surface area contributed by atoms with Crippen molar-refractivity contribution in [2.45, 2.75) is 25.8 Å². The number of halogens is 1. The molecule has 2 aromatic rings. The SMILES string of the molecule is Clc1ncnc2c1nc1n2CCCC1. The summed E-state index contributed by atoms with van der Waals surface area (Å²) < 4.78 is 2.15. The van der Waals surface area contributed by atoms with Gasteiger partial charge in [-0.15, -0.1) is 0 Å². The molecule has 4 nitrogen and oxygen atoms in total. The summed E-state index contributed by atoms with van der Waals surface area (Å²) >= 11 is 5.95. The van der Waals surface area contributed by atoms with Crippen molar-refractivity contribution in [3.8, 4) is 0 Å². The van der Waals surface area contributed by atoms with Gasteiger partial charge in [-0.2, -0.15) is 0 Å². The summed E-state index contributed by atoms with van der Waals surface area (Å²) in [5, 5.41) is 0.455. The Morgan fingerprint density at radius 1 is 1.29 bits per heavy atom. The van der Waals surface area contributed by atoms with Crippen LogP contribution in [0.15, 0.2) is 6.33 Å². The molecule has 0 radical (unpaired) electrons. The van der Waals surface area contributed by atoms with Crippen molar-refractivity contribution < 1.29 is 0 Å². The highest BCUT2D eigenvalue weighted by molar-refractivity contribution is 6.33. The molecule has 0 saturated heterocycles. The van der Waals surface area contributed by atoms with Crippen LogP contribution in [-0.2, 0) is 13.0 Å². The van der Waals surface area contributed by atoms with Gasteiger partial charge in [0, 0.05) is 13.0 Å². The molecule has 5 heteroatoms. The van der Waals surface area contributed by atoms with Gasteiger partial charge in [-0.25, -0.2) is 15.0 Å². The van der Waals surface area contributed by atoms with E-state index in [4.69, 9.17) is 11.6 Å². The van der Waals surface area contributed by atoms with Crippen LogP contribution in [0, 0.1) is 0 Å². The fraction of sp³-hybridized carbons (Fsp3) is 0.444. The molecule has 3 rings (SSSR count). The summed E-state index contributed by atoms with van der Waals surface area (Å²) in [5.41, 5.74) is 1.62. The minimum absolute atomic E-state index is 0.455. The normalized spacial score (nSPS) is 15.8. The first-order valence-corrected chi connectivity index (χ1v) is 5.09. The van der Waals surface area contributed by atoms with Crippen LogP contribution >= 0.6 is 11.6 Å². The van der Waals surface area contributed by atoms with Crippen LogP contribution in [0.25, 0.3) is 11.2 Å². The lowest BCUT2D eigenvalue weighted by Crippen LogP contribution is -2.10. The van der Waals surface area contributed by atoms with Gasteiger partial charge in [0.05, 0.1) is 0 Å². The number of hydrogen-bond acceptors (Lipinski definition) is 3. The third-order valence-electron chi connectivity index (χ3n) is 2.60. The molecule has 3 heterocycles. The molecule has 0 spiro atoms. The number of imidazole rings is 1. The van der Waals surface area contributed by atoms with E-state index in [-0.39, 0.29) is 0 Å². The Bertz CT molecular complexity index is 491. The number of hydrogen-bond donors (Lipinski definition) is 0. The van der Waals surface area contributed by atoms with Crippen LogP contribution in [0.1, 0.15) is 18.7 Å².